The van der Waals surface area contributed by atoms with E-state index < -0.39 is 5.92 Å². The van der Waals surface area contributed by atoms with Crippen LogP contribution in [0.4, 0.5) is 8.78 Å². The van der Waals surface area contributed by atoms with Crippen LogP contribution in [0.25, 0.3) is 0 Å². The van der Waals surface area contributed by atoms with Crippen LogP contribution in [0.3, 0.4) is 0 Å². The molecule has 3 heterocycles. The molecular formula is C17H24F2N4O. The maximum absolute atomic E-state index is 13.8. The largest absolute Gasteiger partial charge is 0.335 e. The van der Waals surface area contributed by atoms with E-state index in [1.54, 1.807) is 23.4 Å². The minimum Gasteiger partial charge on any atom is -0.335 e. The maximum Gasteiger partial charge on any atom is 0.262 e. The van der Waals surface area contributed by atoms with E-state index in [1.807, 2.05) is 30.8 Å². The molecular weight excluding hydrogens is 314 g/mol. The van der Waals surface area contributed by atoms with Crippen LogP contribution in [0.15, 0.2) is 18.5 Å². The second-order valence-electron chi connectivity index (χ2n) is 7.20. The average molecular weight is 338 g/mol. The number of halogens is 2. The van der Waals surface area contributed by atoms with Gasteiger partial charge in [-0.25, -0.2) is 8.78 Å². The molecule has 2 saturated heterocycles. The molecule has 1 aromatic heterocycles. The van der Waals surface area contributed by atoms with Gasteiger partial charge in [-0.15, -0.1) is 0 Å². The molecule has 0 N–H and O–H groups in total. The van der Waals surface area contributed by atoms with Crippen molar-refractivity contribution in [2.45, 2.75) is 31.4 Å². The molecule has 7 heteroatoms. The van der Waals surface area contributed by atoms with Gasteiger partial charge in [0.2, 0.25) is 0 Å². The zero-order valence-corrected chi connectivity index (χ0v) is 14.4. The Balaban J connectivity index is 1.63. The Hall–Kier alpha value is -1.60. The molecule has 1 unspecified atom stereocenters. The number of hydrogen-bond donors (Lipinski definition) is 0. The monoisotopic (exact) mass is 338 g/mol. The Labute approximate surface area is 141 Å². The van der Waals surface area contributed by atoms with Crippen LogP contribution in [-0.4, -0.2) is 83.9 Å². The predicted molar refractivity (Wildman–Crippen MR) is 87.3 cm³/mol. The van der Waals surface area contributed by atoms with Crippen molar-refractivity contribution in [3.63, 3.8) is 0 Å². The molecule has 0 radical (unpaired) electrons. The summed E-state index contributed by atoms with van der Waals surface area (Å²) in [6, 6.07) is 1.67. The van der Waals surface area contributed by atoms with Gasteiger partial charge in [-0.3, -0.25) is 14.7 Å². The Morgan fingerprint density at radius 1 is 1.42 bits per heavy atom. The van der Waals surface area contributed by atoms with Crippen LogP contribution < -0.4 is 0 Å². The van der Waals surface area contributed by atoms with Gasteiger partial charge in [0.05, 0.1) is 12.1 Å². The summed E-state index contributed by atoms with van der Waals surface area (Å²) in [5.74, 6) is -2.70. The van der Waals surface area contributed by atoms with Crippen LogP contribution in [0.1, 0.15) is 22.3 Å². The third-order valence-electron chi connectivity index (χ3n) is 4.88. The number of carbonyl (C=O) groups excluding carboxylic acids is 1. The predicted octanol–water partition coefficient (Wildman–Crippen LogP) is 1.49. The smallest absolute Gasteiger partial charge is 0.262 e. The van der Waals surface area contributed by atoms with Crippen molar-refractivity contribution in [3.8, 4) is 0 Å². The number of amides is 1. The van der Waals surface area contributed by atoms with Gasteiger partial charge >= 0.3 is 0 Å². The summed E-state index contributed by atoms with van der Waals surface area (Å²) in [6.45, 7) is 3.30. The van der Waals surface area contributed by atoms with Crippen molar-refractivity contribution in [2.75, 3.05) is 40.3 Å². The van der Waals surface area contributed by atoms with Crippen molar-refractivity contribution in [3.05, 3.63) is 29.6 Å². The number of alkyl halides is 2. The summed E-state index contributed by atoms with van der Waals surface area (Å²) in [5.41, 5.74) is 1.48. The number of rotatable bonds is 4. The molecule has 2 aliphatic heterocycles. The van der Waals surface area contributed by atoms with E-state index in [0.717, 1.165) is 5.56 Å². The lowest BCUT2D eigenvalue weighted by Gasteiger charge is -2.46. The molecule has 2 aliphatic rings. The first-order chi connectivity index (χ1) is 11.3. The normalized spacial score (nSPS) is 24.4. The third-order valence-corrected chi connectivity index (χ3v) is 4.88. The summed E-state index contributed by atoms with van der Waals surface area (Å²) in [6.07, 6.45) is 3.13. The minimum atomic E-state index is -2.63. The zero-order valence-electron chi connectivity index (χ0n) is 14.4. The minimum absolute atomic E-state index is 0.0178. The van der Waals surface area contributed by atoms with E-state index in [2.05, 4.69) is 4.98 Å². The number of pyridine rings is 1. The Morgan fingerprint density at radius 3 is 2.75 bits per heavy atom. The standard InChI is InChI=1S/C17H24F2N4O/c1-12-4-5-20-7-15(12)16(24)22-9-14(10-22)23-11-17(18,19)6-13(23)8-21(2)3/h4-5,7,13-14H,6,8-11H2,1-3H3. The highest BCUT2D eigenvalue weighted by molar-refractivity contribution is 5.95. The molecule has 1 amide bonds. The van der Waals surface area contributed by atoms with Crippen molar-refractivity contribution in [1.29, 1.82) is 0 Å². The molecule has 0 aromatic carbocycles. The van der Waals surface area contributed by atoms with Gasteiger partial charge in [0.25, 0.3) is 11.8 Å². The lowest BCUT2D eigenvalue weighted by molar-refractivity contribution is -0.0115. The van der Waals surface area contributed by atoms with Crippen LogP contribution in [0, 0.1) is 6.92 Å². The highest BCUT2D eigenvalue weighted by Gasteiger charge is 2.50. The van der Waals surface area contributed by atoms with E-state index in [9.17, 15) is 13.6 Å². The van der Waals surface area contributed by atoms with E-state index in [4.69, 9.17) is 0 Å². The van der Waals surface area contributed by atoms with Gasteiger partial charge in [-0.1, -0.05) is 0 Å². The van der Waals surface area contributed by atoms with Gasteiger partial charge in [0.1, 0.15) is 0 Å². The lowest BCUT2D eigenvalue weighted by Crippen LogP contribution is -2.63. The molecule has 2 fully saturated rings. The van der Waals surface area contributed by atoms with Gasteiger partial charge in [-0.05, 0) is 32.6 Å². The number of aryl methyl sites for hydroxylation is 1. The molecule has 0 saturated carbocycles. The molecule has 0 aliphatic carbocycles. The van der Waals surface area contributed by atoms with Crippen molar-refractivity contribution < 1.29 is 13.6 Å². The van der Waals surface area contributed by atoms with Gasteiger partial charge < -0.3 is 9.80 Å². The van der Waals surface area contributed by atoms with Crippen LogP contribution in [0.5, 0.6) is 0 Å². The first-order valence-corrected chi connectivity index (χ1v) is 8.25. The van der Waals surface area contributed by atoms with Crippen molar-refractivity contribution in [1.82, 2.24) is 19.7 Å². The first-order valence-electron chi connectivity index (χ1n) is 8.25. The summed E-state index contributed by atoms with van der Waals surface area (Å²) in [5, 5.41) is 0. The molecule has 132 valence electrons. The topological polar surface area (TPSA) is 39.7 Å². The van der Waals surface area contributed by atoms with Crippen LogP contribution >= 0.6 is 0 Å². The first kappa shape index (κ1) is 17.2. The molecule has 1 aromatic rings. The Kier molecular flexibility index (Phi) is 4.57. The number of likely N-dealkylation sites (N-methyl/N-ethyl adjacent to an activating group) is 1. The number of likely N-dealkylation sites (tertiary alicyclic amines) is 2. The molecule has 24 heavy (non-hydrogen) atoms. The molecule has 1 atom stereocenters. The molecule has 3 rings (SSSR count). The van der Waals surface area contributed by atoms with E-state index in [-0.39, 0.29) is 31.0 Å². The number of aromatic nitrogens is 1. The number of nitrogens with zero attached hydrogens (tertiary/aromatic N) is 4. The van der Waals surface area contributed by atoms with Gasteiger partial charge in [0, 0.05) is 50.5 Å². The fourth-order valence-corrected chi connectivity index (χ4v) is 3.63. The van der Waals surface area contributed by atoms with Gasteiger partial charge in [-0.2, -0.15) is 0 Å². The molecule has 0 bridgehead atoms. The Morgan fingerprint density at radius 2 is 2.12 bits per heavy atom. The fraction of sp³-hybridized carbons (Fsp3) is 0.647. The van der Waals surface area contributed by atoms with Crippen LogP contribution in [-0.2, 0) is 0 Å². The summed E-state index contributed by atoms with van der Waals surface area (Å²) in [4.78, 5) is 22.1. The summed E-state index contributed by atoms with van der Waals surface area (Å²) in [7, 11) is 3.80. The van der Waals surface area contributed by atoms with Crippen LogP contribution in [0.2, 0.25) is 0 Å². The number of hydrogen-bond acceptors (Lipinski definition) is 4. The third kappa shape index (κ3) is 3.42. The second kappa shape index (κ2) is 6.37. The number of carbonyl (C=O) groups is 1. The highest BCUT2D eigenvalue weighted by Crippen LogP contribution is 2.35. The second-order valence-corrected chi connectivity index (χ2v) is 7.20. The lowest BCUT2D eigenvalue weighted by atomic mass is 10.0. The van der Waals surface area contributed by atoms with E-state index in [0.29, 0.717) is 25.2 Å². The van der Waals surface area contributed by atoms with Gasteiger partial charge in [0.15, 0.2) is 0 Å². The molecule has 5 nitrogen and oxygen atoms in total. The maximum atomic E-state index is 13.8. The quantitative estimate of drug-likeness (QED) is 0.834. The summed E-state index contributed by atoms with van der Waals surface area (Å²) >= 11 is 0. The average Bonchev–Trinajstić information content (AvgIpc) is 2.71. The van der Waals surface area contributed by atoms with E-state index >= 15 is 0 Å². The zero-order chi connectivity index (χ0) is 17.5. The Bertz CT molecular complexity index is 616. The summed E-state index contributed by atoms with van der Waals surface area (Å²) < 4.78 is 27.7. The highest BCUT2D eigenvalue weighted by atomic mass is 19.3. The van der Waals surface area contributed by atoms with Crippen molar-refractivity contribution in [2.24, 2.45) is 0 Å². The van der Waals surface area contributed by atoms with E-state index in [1.165, 1.54) is 0 Å². The SMILES string of the molecule is Cc1ccncc1C(=O)N1CC(N2CC(F)(F)CC2CN(C)C)C1. The van der Waals surface area contributed by atoms with Crippen molar-refractivity contribution >= 4 is 5.91 Å². The molecule has 0 spiro atoms. The fourth-order valence-electron chi connectivity index (χ4n) is 3.63.